The number of allylic oxidation sites excluding steroid dienone is 18. The fourth-order valence-corrected chi connectivity index (χ4v) is 12.5. The van der Waals surface area contributed by atoms with E-state index < -0.39 is 97.5 Å². The summed E-state index contributed by atoms with van der Waals surface area (Å²) in [4.78, 5) is 73.1. The van der Waals surface area contributed by atoms with E-state index in [1.807, 2.05) is 0 Å². The van der Waals surface area contributed by atoms with Gasteiger partial charge in [-0.25, -0.2) is 9.13 Å². The Bertz CT molecular complexity index is 2390. The molecule has 5 atom stereocenters. The first-order valence-corrected chi connectivity index (χ1v) is 44.1. The highest BCUT2D eigenvalue weighted by molar-refractivity contribution is 7.47. The van der Waals surface area contributed by atoms with E-state index in [9.17, 15) is 43.2 Å². The smallest absolute Gasteiger partial charge is 0.462 e. The van der Waals surface area contributed by atoms with Gasteiger partial charge >= 0.3 is 39.5 Å². The Morgan fingerprint density at radius 3 is 0.817 bits per heavy atom. The molecule has 104 heavy (non-hydrogen) atoms. The van der Waals surface area contributed by atoms with Crippen LogP contribution >= 0.6 is 15.6 Å². The molecule has 0 aromatic heterocycles. The minimum absolute atomic E-state index is 0.0767. The summed E-state index contributed by atoms with van der Waals surface area (Å²) in [6, 6.07) is 0. The van der Waals surface area contributed by atoms with Crippen molar-refractivity contribution in [2.75, 3.05) is 39.6 Å². The van der Waals surface area contributed by atoms with Crippen molar-refractivity contribution in [2.45, 2.75) is 367 Å². The van der Waals surface area contributed by atoms with E-state index >= 15 is 0 Å². The quantitative estimate of drug-likeness (QED) is 0.0169. The van der Waals surface area contributed by atoms with Gasteiger partial charge in [-0.15, -0.1) is 0 Å². The van der Waals surface area contributed by atoms with Gasteiger partial charge in [-0.1, -0.05) is 298 Å². The highest BCUT2D eigenvalue weighted by Gasteiger charge is 2.30. The van der Waals surface area contributed by atoms with Crippen LogP contribution in [0.25, 0.3) is 0 Å². The fraction of sp³-hybridized carbons (Fsp3) is 0.741. The highest BCUT2D eigenvalue weighted by atomic mass is 31.2. The van der Waals surface area contributed by atoms with E-state index in [-0.39, 0.29) is 25.7 Å². The second-order valence-corrected chi connectivity index (χ2v) is 30.2. The molecular weight excluding hydrogens is 1350 g/mol. The number of aliphatic hydroxyl groups excluding tert-OH is 1. The van der Waals surface area contributed by atoms with Gasteiger partial charge in [0.15, 0.2) is 12.2 Å². The third-order valence-corrected chi connectivity index (χ3v) is 19.1. The van der Waals surface area contributed by atoms with Crippen molar-refractivity contribution in [2.24, 2.45) is 0 Å². The average molecular weight is 1500 g/mol. The summed E-state index contributed by atoms with van der Waals surface area (Å²) < 4.78 is 68.6. The van der Waals surface area contributed by atoms with Crippen molar-refractivity contribution in [3.05, 3.63) is 109 Å². The number of esters is 4. The van der Waals surface area contributed by atoms with Gasteiger partial charge in [0, 0.05) is 25.7 Å². The van der Waals surface area contributed by atoms with Crippen LogP contribution < -0.4 is 0 Å². The van der Waals surface area contributed by atoms with Gasteiger partial charge in [0.25, 0.3) is 0 Å². The molecule has 17 nitrogen and oxygen atoms in total. The first kappa shape index (κ1) is 99.7. The van der Waals surface area contributed by atoms with Crippen LogP contribution in [0, 0.1) is 0 Å². The molecule has 5 unspecified atom stereocenters. The molecule has 19 heteroatoms. The van der Waals surface area contributed by atoms with Crippen molar-refractivity contribution in [1.82, 2.24) is 0 Å². The minimum Gasteiger partial charge on any atom is -0.462 e. The van der Waals surface area contributed by atoms with Crippen molar-refractivity contribution in [3.8, 4) is 0 Å². The molecule has 0 fully saturated rings. The molecule has 0 amide bonds. The summed E-state index contributed by atoms with van der Waals surface area (Å²) in [5.41, 5.74) is 0. The second kappa shape index (κ2) is 76.9. The molecule has 0 saturated heterocycles. The van der Waals surface area contributed by atoms with E-state index in [1.54, 1.807) is 0 Å². The van der Waals surface area contributed by atoms with Crippen LogP contribution in [0.3, 0.4) is 0 Å². The number of unbranched alkanes of at least 4 members (excludes halogenated alkanes) is 33. The Morgan fingerprint density at radius 1 is 0.279 bits per heavy atom. The molecule has 600 valence electrons. The van der Waals surface area contributed by atoms with Crippen molar-refractivity contribution in [1.29, 1.82) is 0 Å². The second-order valence-electron chi connectivity index (χ2n) is 27.3. The van der Waals surface area contributed by atoms with E-state index in [0.717, 1.165) is 173 Å². The molecule has 0 aliphatic carbocycles. The van der Waals surface area contributed by atoms with E-state index in [4.69, 9.17) is 37.0 Å². The third-order valence-electron chi connectivity index (χ3n) is 17.2. The number of phosphoric acid groups is 2. The highest BCUT2D eigenvalue weighted by Crippen LogP contribution is 2.45. The van der Waals surface area contributed by atoms with Crippen LogP contribution in [-0.2, 0) is 65.4 Å². The van der Waals surface area contributed by atoms with E-state index in [2.05, 4.69) is 137 Å². The molecule has 0 heterocycles. The first-order valence-electron chi connectivity index (χ1n) is 41.1. The van der Waals surface area contributed by atoms with Crippen LogP contribution in [0.15, 0.2) is 109 Å². The largest absolute Gasteiger partial charge is 0.472 e. The summed E-state index contributed by atoms with van der Waals surface area (Å²) in [7, 11) is -9.97. The van der Waals surface area contributed by atoms with Gasteiger partial charge in [0.2, 0.25) is 0 Å². The first-order chi connectivity index (χ1) is 50.7. The van der Waals surface area contributed by atoms with E-state index in [1.165, 1.54) is 96.3 Å². The Labute approximate surface area is 632 Å². The molecule has 0 aromatic rings. The zero-order valence-corrected chi connectivity index (χ0v) is 67.5. The Hall–Kier alpha value is -4.28. The molecule has 3 N–H and O–H groups in total. The normalized spacial score (nSPS) is 14.4. The van der Waals surface area contributed by atoms with Gasteiger partial charge in [-0.2, -0.15) is 0 Å². The molecule has 0 bridgehead atoms. The molecule has 0 aromatic carbocycles. The van der Waals surface area contributed by atoms with Crippen molar-refractivity contribution in [3.63, 3.8) is 0 Å². The van der Waals surface area contributed by atoms with Gasteiger partial charge < -0.3 is 33.8 Å². The van der Waals surface area contributed by atoms with Gasteiger partial charge in [-0.05, 0) is 135 Å². The standard InChI is InChI=1S/C85H148O17P2/c1-5-9-13-17-21-25-29-33-35-37-39-41-43-47-49-53-57-61-65-69-82(87)95-75-80(101-84(89)71-67-63-59-55-51-45-31-27-23-19-15-11-7-3)77-99-103(91,92)97-73-79(86)74-98-104(93,94)100-78-81(102-85(90)72-68-64-60-56-52-46-32-28-24-20-16-12-8-4)76-96-83(88)70-66-62-58-54-50-48-44-42-40-38-36-34-30-26-22-18-14-10-6-2/h9,13,21-22,25-27,31,33-36,39-42,47,49,79-81,86H,5-8,10-12,14-20,23-24,28-30,32,37-38,43-46,48,50-78H2,1-4H3,(H,91,92)(H,93,94)/b13-9-,25-21-,26-22-,31-27-,35-33-,36-34-,41-39-,42-40-,49-47-. The zero-order chi connectivity index (χ0) is 76.0. The molecule has 0 aliphatic heterocycles. The Balaban J connectivity index is 5.35. The number of carbonyl (C=O) groups excluding carboxylic acids is 4. The predicted octanol–water partition coefficient (Wildman–Crippen LogP) is 24.1. The summed E-state index contributed by atoms with van der Waals surface area (Å²) >= 11 is 0. The Morgan fingerprint density at radius 2 is 0.500 bits per heavy atom. The third kappa shape index (κ3) is 75.9. The maximum Gasteiger partial charge on any atom is 0.472 e. The van der Waals surface area contributed by atoms with Crippen molar-refractivity contribution >= 4 is 39.5 Å². The molecule has 0 aliphatic rings. The Kier molecular flexibility index (Phi) is 73.7. The summed E-state index contributed by atoms with van der Waals surface area (Å²) in [6.45, 7) is 4.70. The molecule has 0 spiro atoms. The van der Waals surface area contributed by atoms with Crippen LogP contribution in [0.1, 0.15) is 349 Å². The maximum atomic E-state index is 13.1. The predicted molar refractivity (Wildman–Crippen MR) is 427 cm³/mol. The molecular formula is C85H148O17P2. The van der Waals surface area contributed by atoms with Crippen LogP contribution in [0.5, 0.6) is 0 Å². The fourth-order valence-electron chi connectivity index (χ4n) is 11.0. The minimum atomic E-state index is -4.99. The van der Waals surface area contributed by atoms with Crippen LogP contribution in [0.4, 0.5) is 0 Å². The molecule has 0 rings (SSSR count). The van der Waals surface area contributed by atoms with Crippen molar-refractivity contribution < 1.29 is 80.2 Å². The lowest BCUT2D eigenvalue weighted by molar-refractivity contribution is -0.161. The summed E-state index contributed by atoms with van der Waals surface area (Å²) in [6.07, 6.45) is 83.4. The van der Waals surface area contributed by atoms with Gasteiger partial charge in [0.05, 0.1) is 26.4 Å². The summed E-state index contributed by atoms with van der Waals surface area (Å²) in [5.74, 6) is -2.22. The van der Waals surface area contributed by atoms with Crippen LogP contribution in [-0.4, -0.2) is 96.7 Å². The molecule has 0 saturated carbocycles. The number of rotatable bonds is 77. The maximum absolute atomic E-state index is 13.1. The monoisotopic (exact) mass is 1500 g/mol. The number of hydrogen-bond acceptors (Lipinski definition) is 15. The average Bonchev–Trinajstić information content (AvgIpc) is 0.913. The lowest BCUT2D eigenvalue weighted by atomic mass is 10.0. The SMILES string of the molecule is CC/C=C\C/C=C\C/C=C\C/C=C\C/C=C\CCCCCC(=O)OCC(COP(=O)(O)OCC(O)COP(=O)(O)OCC(COC(=O)CCCCCCCC/C=C\C/C=C\C/C=C\CCCCC)OC(=O)CCCCCCCCCCCCCCC)OC(=O)CCCCCCC/C=C\CCCCCC. The lowest BCUT2D eigenvalue weighted by Gasteiger charge is -2.21. The number of phosphoric ester groups is 2. The van der Waals surface area contributed by atoms with E-state index in [0.29, 0.717) is 25.7 Å². The topological polar surface area (TPSA) is 237 Å². The lowest BCUT2D eigenvalue weighted by Crippen LogP contribution is -2.30. The zero-order valence-electron chi connectivity index (χ0n) is 65.7. The number of carbonyl (C=O) groups is 4. The number of hydrogen-bond donors (Lipinski definition) is 3. The summed E-state index contributed by atoms with van der Waals surface area (Å²) in [5, 5.41) is 10.6. The molecule has 0 radical (unpaired) electrons. The van der Waals surface area contributed by atoms with Gasteiger partial charge in [-0.3, -0.25) is 37.3 Å². The van der Waals surface area contributed by atoms with Gasteiger partial charge in [0.1, 0.15) is 19.3 Å². The number of ether oxygens (including phenoxy) is 4. The number of aliphatic hydroxyl groups is 1. The van der Waals surface area contributed by atoms with Crippen LogP contribution in [0.2, 0.25) is 0 Å².